The summed E-state index contributed by atoms with van der Waals surface area (Å²) in [5, 5.41) is 11.2. The molecular formula is C21H25N3O4S. The fourth-order valence-corrected chi connectivity index (χ4v) is 4.78. The third-order valence-electron chi connectivity index (χ3n) is 5.66. The molecule has 4 rings (SSSR count). The van der Waals surface area contributed by atoms with Crippen molar-refractivity contribution in [1.82, 2.24) is 4.98 Å². The Morgan fingerprint density at radius 1 is 1.24 bits per heavy atom. The van der Waals surface area contributed by atoms with Gasteiger partial charge in [0.05, 0.1) is 16.9 Å². The second-order valence-electron chi connectivity index (χ2n) is 8.59. The van der Waals surface area contributed by atoms with Crippen molar-refractivity contribution in [3.63, 3.8) is 0 Å². The number of pyridine rings is 1. The van der Waals surface area contributed by atoms with Crippen molar-refractivity contribution in [1.29, 1.82) is 0 Å². The van der Waals surface area contributed by atoms with Gasteiger partial charge in [-0.15, -0.1) is 0 Å². The topological polar surface area (TPSA) is 85.6 Å². The number of nitro benzene ring substituents is 1. The Balaban J connectivity index is 1.61. The molecule has 1 aliphatic heterocycles. The van der Waals surface area contributed by atoms with Crippen molar-refractivity contribution in [3.8, 4) is 0 Å². The predicted octanol–water partition coefficient (Wildman–Crippen LogP) is 3.04. The van der Waals surface area contributed by atoms with Crippen LogP contribution in [0.5, 0.6) is 0 Å². The fraction of sp³-hybridized carbons (Fsp3) is 0.429. The number of nitro groups is 1. The number of carbonyl (C=O) groups is 1. The van der Waals surface area contributed by atoms with Gasteiger partial charge in [-0.25, -0.2) is 15.0 Å². The number of rotatable bonds is 6. The third-order valence-corrected chi connectivity index (χ3v) is 7.05. The zero-order valence-electron chi connectivity index (χ0n) is 16.9. The molecule has 1 spiro atoms. The summed E-state index contributed by atoms with van der Waals surface area (Å²) in [4.78, 5) is 30.4. The molecule has 0 N–H and O–H groups in total. The summed E-state index contributed by atoms with van der Waals surface area (Å²) >= 11 is 0. The van der Waals surface area contributed by atoms with Gasteiger partial charge in [0.1, 0.15) is 12.5 Å². The number of anilines is 1. The van der Waals surface area contributed by atoms with E-state index >= 15 is 0 Å². The summed E-state index contributed by atoms with van der Waals surface area (Å²) in [5.74, 6) is 1.58. The average molecular weight is 416 g/mol. The lowest BCUT2D eigenvalue weighted by molar-refractivity contribution is -0.384. The lowest BCUT2D eigenvalue weighted by atomic mass is 9.79. The maximum absolute atomic E-state index is 13.5. The first kappa shape index (κ1) is 19.8. The van der Waals surface area contributed by atoms with Gasteiger partial charge in [-0.2, -0.15) is 0 Å². The monoisotopic (exact) mass is 415 g/mol. The van der Waals surface area contributed by atoms with Crippen molar-refractivity contribution in [2.45, 2.75) is 18.3 Å². The number of nitrogens with zero attached hydrogens (tertiary/aromatic N) is 3. The SMILES string of the molecule is CS(C)(C)CCOCN1C(=O)C2(Cc3ccc([N+](=O)[O-])cc3C2)c2cccnc21. The molecule has 0 radical (unpaired) electrons. The Labute approximate surface area is 171 Å². The van der Waals surface area contributed by atoms with Crippen LogP contribution in [-0.4, -0.2) is 53.7 Å². The highest BCUT2D eigenvalue weighted by Gasteiger charge is 2.54. The molecule has 1 unspecified atom stereocenters. The van der Waals surface area contributed by atoms with Crippen LogP contribution in [-0.2, 0) is 27.8 Å². The number of hydrogen-bond acceptors (Lipinski definition) is 5. The standard InChI is InChI=1S/C21H25N3O4S/c1-29(2,3)10-9-28-14-23-19-18(5-4-8-22-19)21(20(23)25)12-15-6-7-17(24(26)27)11-16(15)13-21/h4-8,11H,9-10,12-14H2,1-3H3. The van der Waals surface area contributed by atoms with E-state index in [0.29, 0.717) is 25.3 Å². The number of non-ortho nitro benzene ring substituents is 1. The van der Waals surface area contributed by atoms with Gasteiger partial charge in [-0.3, -0.25) is 19.8 Å². The van der Waals surface area contributed by atoms with Crippen LogP contribution in [0.2, 0.25) is 0 Å². The van der Waals surface area contributed by atoms with E-state index in [-0.39, 0.29) is 18.3 Å². The van der Waals surface area contributed by atoms with Gasteiger partial charge >= 0.3 is 0 Å². The van der Waals surface area contributed by atoms with Crippen molar-refractivity contribution >= 4 is 27.4 Å². The molecule has 2 heterocycles. The zero-order valence-corrected chi connectivity index (χ0v) is 17.7. The first-order valence-electron chi connectivity index (χ1n) is 9.49. The molecule has 8 heteroatoms. The molecule has 1 aliphatic carbocycles. The molecular weight excluding hydrogens is 390 g/mol. The summed E-state index contributed by atoms with van der Waals surface area (Å²) in [6.45, 7) is 0.779. The van der Waals surface area contributed by atoms with E-state index in [1.54, 1.807) is 23.2 Å². The Morgan fingerprint density at radius 2 is 2.00 bits per heavy atom. The molecule has 29 heavy (non-hydrogen) atoms. The second-order valence-corrected chi connectivity index (χ2v) is 13.2. The molecule has 0 saturated heterocycles. The highest BCUT2D eigenvalue weighted by atomic mass is 32.3. The maximum Gasteiger partial charge on any atom is 0.269 e. The number of fused-ring (bicyclic) bond motifs is 3. The average Bonchev–Trinajstić information content (AvgIpc) is 3.15. The van der Waals surface area contributed by atoms with Crippen molar-refractivity contribution < 1.29 is 14.5 Å². The number of amides is 1. The molecule has 2 aliphatic rings. The van der Waals surface area contributed by atoms with E-state index in [4.69, 9.17) is 4.74 Å². The Hall–Kier alpha value is -2.45. The molecule has 2 aromatic rings. The van der Waals surface area contributed by atoms with E-state index in [0.717, 1.165) is 22.4 Å². The van der Waals surface area contributed by atoms with E-state index in [2.05, 4.69) is 23.8 Å². The Morgan fingerprint density at radius 3 is 2.72 bits per heavy atom. The van der Waals surface area contributed by atoms with Gasteiger partial charge in [0.2, 0.25) is 5.91 Å². The van der Waals surface area contributed by atoms with Gasteiger partial charge in [0, 0.05) is 29.6 Å². The minimum Gasteiger partial charge on any atom is -0.360 e. The second kappa shape index (κ2) is 7.11. The van der Waals surface area contributed by atoms with Crippen LogP contribution < -0.4 is 4.90 Å². The van der Waals surface area contributed by atoms with Crippen LogP contribution in [0.15, 0.2) is 36.5 Å². The fourth-order valence-electron chi connectivity index (χ4n) is 4.16. The summed E-state index contributed by atoms with van der Waals surface area (Å²) in [5.41, 5.74) is 2.04. The van der Waals surface area contributed by atoms with Crippen LogP contribution in [0.4, 0.5) is 11.5 Å². The minimum atomic E-state index is -0.750. The summed E-state index contributed by atoms with van der Waals surface area (Å²) < 4.78 is 5.85. The smallest absolute Gasteiger partial charge is 0.269 e. The normalized spacial score (nSPS) is 20.8. The summed E-state index contributed by atoms with van der Waals surface area (Å²) in [6.07, 6.45) is 9.36. The predicted molar refractivity (Wildman–Crippen MR) is 115 cm³/mol. The van der Waals surface area contributed by atoms with Gasteiger partial charge in [0.15, 0.2) is 0 Å². The first-order chi connectivity index (χ1) is 13.7. The highest BCUT2D eigenvalue weighted by Crippen LogP contribution is 2.49. The van der Waals surface area contributed by atoms with E-state index in [1.807, 2.05) is 12.1 Å². The molecule has 1 atom stereocenters. The van der Waals surface area contributed by atoms with Crippen LogP contribution in [0, 0.1) is 10.1 Å². The number of hydrogen-bond donors (Lipinski definition) is 0. The number of ether oxygens (including phenoxy) is 1. The van der Waals surface area contributed by atoms with Gasteiger partial charge in [-0.05, 0) is 48.8 Å². The molecule has 7 nitrogen and oxygen atoms in total. The molecule has 154 valence electrons. The number of benzene rings is 1. The molecule has 1 aromatic carbocycles. The van der Waals surface area contributed by atoms with E-state index < -0.39 is 20.4 Å². The Kier molecular flexibility index (Phi) is 4.86. The van der Waals surface area contributed by atoms with Crippen LogP contribution in [0.25, 0.3) is 0 Å². The van der Waals surface area contributed by atoms with E-state index in [1.165, 1.54) is 6.07 Å². The van der Waals surface area contributed by atoms with E-state index in [9.17, 15) is 14.9 Å². The van der Waals surface area contributed by atoms with Gasteiger partial charge in [-0.1, -0.05) is 12.1 Å². The lowest BCUT2D eigenvalue weighted by Gasteiger charge is -2.26. The lowest BCUT2D eigenvalue weighted by Crippen LogP contribution is -2.42. The molecule has 0 bridgehead atoms. The molecule has 0 fully saturated rings. The van der Waals surface area contributed by atoms with Gasteiger partial charge in [0.25, 0.3) is 5.69 Å². The quantitative estimate of drug-likeness (QED) is 0.411. The molecule has 1 aromatic heterocycles. The molecule has 0 saturated carbocycles. The largest absolute Gasteiger partial charge is 0.360 e. The first-order valence-corrected chi connectivity index (χ1v) is 12.5. The number of carbonyl (C=O) groups excluding carboxylic acids is 1. The maximum atomic E-state index is 13.5. The van der Waals surface area contributed by atoms with Crippen LogP contribution >= 0.6 is 10.0 Å². The van der Waals surface area contributed by atoms with Crippen LogP contribution in [0.1, 0.15) is 16.7 Å². The van der Waals surface area contributed by atoms with Crippen LogP contribution in [0.3, 0.4) is 0 Å². The zero-order chi connectivity index (χ0) is 20.8. The van der Waals surface area contributed by atoms with Crippen molar-refractivity contribution in [2.24, 2.45) is 0 Å². The summed E-state index contributed by atoms with van der Waals surface area (Å²) in [6, 6.07) is 8.67. The number of aromatic nitrogens is 1. The minimum absolute atomic E-state index is 0.0341. The Bertz CT molecular complexity index is 988. The summed E-state index contributed by atoms with van der Waals surface area (Å²) in [7, 11) is -0.663. The van der Waals surface area contributed by atoms with Crippen molar-refractivity contribution in [2.75, 3.05) is 42.8 Å². The van der Waals surface area contributed by atoms with Gasteiger partial charge < -0.3 is 4.74 Å². The third kappa shape index (κ3) is 3.51. The van der Waals surface area contributed by atoms with Crippen molar-refractivity contribution in [3.05, 3.63) is 63.3 Å². The molecule has 1 amide bonds. The highest BCUT2D eigenvalue weighted by molar-refractivity contribution is 8.32.